The first-order chi connectivity index (χ1) is 8.24. The van der Waals surface area contributed by atoms with E-state index in [2.05, 4.69) is 5.32 Å². The summed E-state index contributed by atoms with van der Waals surface area (Å²) < 4.78 is 0. The van der Waals surface area contributed by atoms with Crippen LogP contribution in [0.2, 0.25) is 0 Å². The van der Waals surface area contributed by atoms with Crippen LogP contribution in [0.15, 0.2) is 24.3 Å². The highest BCUT2D eigenvalue weighted by molar-refractivity contribution is 5.91. The summed E-state index contributed by atoms with van der Waals surface area (Å²) >= 11 is 0. The third-order valence-corrected chi connectivity index (χ3v) is 3.27. The number of anilines is 1. The number of amides is 1. The lowest BCUT2D eigenvalue weighted by Crippen LogP contribution is -3.13. The van der Waals surface area contributed by atoms with Crippen molar-refractivity contribution in [3.8, 4) is 0 Å². The summed E-state index contributed by atoms with van der Waals surface area (Å²) in [6.45, 7) is 4.92. The van der Waals surface area contributed by atoms with Crippen molar-refractivity contribution in [1.29, 1.82) is 0 Å². The van der Waals surface area contributed by atoms with Gasteiger partial charge in [-0.15, -0.1) is 0 Å². The van der Waals surface area contributed by atoms with Crippen molar-refractivity contribution in [3.63, 3.8) is 0 Å². The van der Waals surface area contributed by atoms with Gasteiger partial charge in [0.1, 0.15) is 0 Å². The average molecular weight is 233 g/mol. The second-order valence-electron chi connectivity index (χ2n) is 4.91. The SMILES string of the molecule is Cc1cccc(NC(=O)C[NH+]2CCCCC2)c1. The Labute approximate surface area is 103 Å². The first kappa shape index (κ1) is 12.1. The third kappa shape index (κ3) is 3.86. The van der Waals surface area contributed by atoms with Crippen LogP contribution in [0.25, 0.3) is 0 Å². The van der Waals surface area contributed by atoms with E-state index in [1.807, 2.05) is 31.2 Å². The van der Waals surface area contributed by atoms with Gasteiger partial charge in [0.15, 0.2) is 6.54 Å². The number of carbonyl (C=O) groups is 1. The number of aryl methyl sites for hydroxylation is 1. The first-order valence-electron chi connectivity index (χ1n) is 6.44. The van der Waals surface area contributed by atoms with Gasteiger partial charge in [0, 0.05) is 5.69 Å². The van der Waals surface area contributed by atoms with Crippen molar-refractivity contribution >= 4 is 11.6 Å². The molecule has 1 saturated heterocycles. The van der Waals surface area contributed by atoms with Gasteiger partial charge in [-0.3, -0.25) is 4.79 Å². The van der Waals surface area contributed by atoms with Crippen LogP contribution in [0.4, 0.5) is 5.69 Å². The molecule has 1 aromatic rings. The lowest BCUT2D eigenvalue weighted by Gasteiger charge is -2.22. The van der Waals surface area contributed by atoms with Crippen LogP contribution < -0.4 is 10.2 Å². The number of nitrogens with one attached hydrogen (secondary N) is 2. The molecule has 3 heteroatoms. The molecule has 0 bridgehead atoms. The highest BCUT2D eigenvalue weighted by Crippen LogP contribution is 2.08. The lowest BCUT2D eigenvalue weighted by molar-refractivity contribution is -0.896. The second kappa shape index (κ2) is 5.82. The Hall–Kier alpha value is -1.35. The van der Waals surface area contributed by atoms with Crippen molar-refractivity contribution < 1.29 is 9.69 Å². The van der Waals surface area contributed by atoms with Crippen LogP contribution in [0, 0.1) is 6.92 Å². The molecular weight excluding hydrogens is 212 g/mol. The normalized spacial score (nSPS) is 16.8. The number of piperidine rings is 1. The summed E-state index contributed by atoms with van der Waals surface area (Å²) in [4.78, 5) is 13.3. The number of benzene rings is 1. The van der Waals surface area contributed by atoms with Crippen LogP contribution in [0.3, 0.4) is 0 Å². The van der Waals surface area contributed by atoms with Gasteiger partial charge < -0.3 is 10.2 Å². The molecule has 1 fully saturated rings. The van der Waals surface area contributed by atoms with Crippen molar-refractivity contribution in [1.82, 2.24) is 0 Å². The Kier molecular flexibility index (Phi) is 4.15. The number of carbonyl (C=O) groups excluding carboxylic acids is 1. The molecule has 1 aliphatic heterocycles. The molecular formula is C14H21N2O+. The van der Waals surface area contributed by atoms with Crippen molar-refractivity contribution in [2.45, 2.75) is 26.2 Å². The quantitative estimate of drug-likeness (QED) is 0.802. The van der Waals surface area contributed by atoms with Gasteiger partial charge in [-0.2, -0.15) is 0 Å². The van der Waals surface area contributed by atoms with Crippen LogP contribution in [0.5, 0.6) is 0 Å². The molecule has 1 amide bonds. The van der Waals surface area contributed by atoms with Gasteiger partial charge in [-0.25, -0.2) is 0 Å². The maximum atomic E-state index is 11.9. The fourth-order valence-corrected chi connectivity index (χ4v) is 2.38. The van der Waals surface area contributed by atoms with Crippen molar-refractivity contribution in [2.75, 3.05) is 25.0 Å². The molecule has 1 aliphatic rings. The molecule has 92 valence electrons. The monoisotopic (exact) mass is 233 g/mol. The van der Waals surface area contributed by atoms with E-state index in [-0.39, 0.29) is 5.91 Å². The van der Waals surface area contributed by atoms with E-state index >= 15 is 0 Å². The van der Waals surface area contributed by atoms with Gasteiger partial charge >= 0.3 is 0 Å². The molecule has 17 heavy (non-hydrogen) atoms. The number of likely N-dealkylation sites (tertiary alicyclic amines) is 1. The van der Waals surface area contributed by atoms with Crippen molar-refractivity contribution in [3.05, 3.63) is 29.8 Å². The molecule has 0 radical (unpaired) electrons. The van der Waals surface area contributed by atoms with Crippen molar-refractivity contribution in [2.24, 2.45) is 0 Å². The van der Waals surface area contributed by atoms with Gasteiger partial charge in [-0.1, -0.05) is 12.1 Å². The van der Waals surface area contributed by atoms with E-state index in [0.717, 1.165) is 18.8 Å². The summed E-state index contributed by atoms with van der Waals surface area (Å²) in [5, 5.41) is 2.97. The zero-order valence-electron chi connectivity index (χ0n) is 10.5. The highest BCUT2D eigenvalue weighted by Gasteiger charge is 2.17. The third-order valence-electron chi connectivity index (χ3n) is 3.27. The Bertz CT molecular complexity index is 384. The minimum absolute atomic E-state index is 0.132. The predicted molar refractivity (Wildman–Crippen MR) is 69.2 cm³/mol. The summed E-state index contributed by atoms with van der Waals surface area (Å²) in [7, 11) is 0. The zero-order valence-corrected chi connectivity index (χ0v) is 10.5. The Morgan fingerprint density at radius 2 is 2.06 bits per heavy atom. The summed E-state index contributed by atoms with van der Waals surface area (Å²) in [5.74, 6) is 0.132. The summed E-state index contributed by atoms with van der Waals surface area (Å²) in [6.07, 6.45) is 3.84. The maximum absolute atomic E-state index is 11.9. The number of rotatable bonds is 3. The van der Waals surface area contributed by atoms with Gasteiger partial charge in [0.05, 0.1) is 13.1 Å². The minimum atomic E-state index is 0.132. The zero-order chi connectivity index (χ0) is 12.1. The average Bonchev–Trinajstić information content (AvgIpc) is 2.30. The Balaban J connectivity index is 1.84. The molecule has 3 nitrogen and oxygen atoms in total. The Morgan fingerprint density at radius 3 is 2.76 bits per heavy atom. The molecule has 1 heterocycles. The molecule has 0 aliphatic carbocycles. The summed E-state index contributed by atoms with van der Waals surface area (Å²) in [6, 6.07) is 7.95. The molecule has 2 rings (SSSR count). The second-order valence-corrected chi connectivity index (χ2v) is 4.91. The van der Waals surface area contributed by atoms with E-state index in [9.17, 15) is 4.79 Å². The first-order valence-corrected chi connectivity index (χ1v) is 6.44. The highest BCUT2D eigenvalue weighted by atomic mass is 16.2. The van der Waals surface area contributed by atoms with Gasteiger partial charge in [0.2, 0.25) is 0 Å². The molecule has 2 N–H and O–H groups in total. The smallest absolute Gasteiger partial charge is 0.279 e. The van der Waals surface area contributed by atoms with E-state index in [1.54, 1.807) is 0 Å². The largest absolute Gasteiger partial charge is 0.327 e. The standard InChI is InChI=1S/C14H20N2O/c1-12-6-5-7-13(10-12)15-14(17)11-16-8-3-2-4-9-16/h5-7,10H,2-4,8-9,11H2,1H3,(H,15,17)/p+1. The van der Waals surface area contributed by atoms with E-state index in [1.165, 1.54) is 29.7 Å². The van der Waals surface area contributed by atoms with E-state index < -0.39 is 0 Å². The molecule has 0 spiro atoms. The van der Waals surface area contributed by atoms with E-state index in [4.69, 9.17) is 0 Å². The molecule has 0 aromatic heterocycles. The van der Waals surface area contributed by atoms with Crippen LogP contribution in [0.1, 0.15) is 24.8 Å². The molecule has 1 aromatic carbocycles. The topological polar surface area (TPSA) is 33.5 Å². The van der Waals surface area contributed by atoms with Gasteiger partial charge in [-0.05, 0) is 43.9 Å². The van der Waals surface area contributed by atoms with Crippen LogP contribution in [-0.4, -0.2) is 25.5 Å². The van der Waals surface area contributed by atoms with Crippen LogP contribution >= 0.6 is 0 Å². The fraction of sp³-hybridized carbons (Fsp3) is 0.500. The molecule has 0 unspecified atom stereocenters. The predicted octanol–water partition coefficient (Wildman–Crippen LogP) is 1.00. The number of hydrogen-bond acceptors (Lipinski definition) is 1. The van der Waals surface area contributed by atoms with E-state index in [0.29, 0.717) is 6.54 Å². The maximum Gasteiger partial charge on any atom is 0.279 e. The number of quaternary nitrogens is 1. The Morgan fingerprint density at radius 1 is 1.29 bits per heavy atom. The number of hydrogen-bond donors (Lipinski definition) is 2. The molecule has 0 atom stereocenters. The molecule has 0 saturated carbocycles. The summed E-state index contributed by atoms with van der Waals surface area (Å²) in [5.41, 5.74) is 2.08. The van der Waals surface area contributed by atoms with Gasteiger partial charge in [0.25, 0.3) is 5.91 Å². The minimum Gasteiger partial charge on any atom is -0.327 e. The lowest BCUT2D eigenvalue weighted by atomic mass is 10.1. The van der Waals surface area contributed by atoms with Crippen LogP contribution in [-0.2, 0) is 4.79 Å². The fourth-order valence-electron chi connectivity index (χ4n) is 2.38.